The minimum Gasteiger partial charge on any atom is -0.478 e. The highest BCUT2D eigenvalue weighted by atomic mass is 35.5. The van der Waals surface area contributed by atoms with E-state index in [1.54, 1.807) is 18.2 Å². The SMILES string of the molecule is O=C(NCc1ccc(C(=O)O)cc1)C1=CC(Cl)Cc2ccn(Cc3ccc(-c4ccccc4)cn3)c21. The Labute approximate surface area is 213 Å². The highest BCUT2D eigenvalue weighted by molar-refractivity contribution is 6.26. The molecule has 1 aliphatic rings. The Hall–Kier alpha value is -4.16. The number of carbonyl (C=O) groups is 2. The zero-order valence-electron chi connectivity index (χ0n) is 19.4. The van der Waals surface area contributed by atoms with Crippen LogP contribution in [0.5, 0.6) is 0 Å². The summed E-state index contributed by atoms with van der Waals surface area (Å²) in [6.07, 6.45) is 6.29. The minimum atomic E-state index is -0.983. The van der Waals surface area contributed by atoms with Crippen LogP contribution in [0.2, 0.25) is 0 Å². The number of rotatable bonds is 7. The van der Waals surface area contributed by atoms with Crippen molar-refractivity contribution in [3.63, 3.8) is 0 Å². The lowest BCUT2D eigenvalue weighted by atomic mass is 9.96. The van der Waals surface area contributed by atoms with Gasteiger partial charge in [0.05, 0.1) is 34.4 Å². The Balaban J connectivity index is 1.33. The second-order valence-electron chi connectivity index (χ2n) is 8.71. The number of nitrogens with zero attached hydrogens (tertiary/aromatic N) is 2. The van der Waals surface area contributed by atoms with E-state index in [0.717, 1.165) is 33.6 Å². The van der Waals surface area contributed by atoms with E-state index in [2.05, 4.69) is 28.5 Å². The van der Waals surface area contributed by atoms with Crippen molar-refractivity contribution in [2.24, 2.45) is 0 Å². The summed E-state index contributed by atoms with van der Waals surface area (Å²) in [5, 5.41) is 11.7. The zero-order chi connectivity index (χ0) is 25.1. The van der Waals surface area contributed by atoms with Crippen molar-refractivity contribution in [3.8, 4) is 11.1 Å². The molecule has 1 unspecified atom stereocenters. The molecule has 0 radical (unpaired) electrons. The monoisotopic (exact) mass is 497 g/mol. The summed E-state index contributed by atoms with van der Waals surface area (Å²) in [6, 6.07) is 22.6. The second-order valence-corrected chi connectivity index (χ2v) is 9.27. The standard InChI is InChI=1S/C29H24ClN3O3/c30-24-14-22-12-13-33(18-25-11-10-23(17-31-25)20-4-2-1-3-5-20)27(22)26(15-24)28(34)32-16-19-6-8-21(9-7-19)29(35)36/h1-13,15,17,24H,14,16,18H2,(H,32,34)(H,35,36). The van der Waals surface area contributed by atoms with Gasteiger partial charge in [-0.05, 0) is 47.4 Å². The number of carbonyl (C=O) groups excluding carboxylic acids is 1. The molecule has 1 aliphatic carbocycles. The molecule has 0 saturated heterocycles. The first-order valence-corrected chi connectivity index (χ1v) is 12.1. The number of aromatic nitrogens is 2. The number of hydrogen-bond acceptors (Lipinski definition) is 3. The number of benzene rings is 2. The first-order valence-electron chi connectivity index (χ1n) is 11.6. The predicted molar refractivity (Wildman–Crippen MR) is 140 cm³/mol. The van der Waals surface area contributed by atoms with Gasteiger partial charge in [0.25, 0.3) is 5.91 Å². The zero-order valence-corrected chi connectivity index (χ0v) is 20.2. The molecule has 0 bridgehead atoms. The first kappa shape index (κ1) is 23.6. The summed E-state index contributed by atoms with van der Waals surface area (Å²) in [6.45, 7) is 0.806. The summed E-state index contributed by atoms with van der Waals surface area (Å²) in [5.74, 6) is -1.21. The molecular weight excluding hydrogens is 474 g/mol. The van der Waals surface area contributed by atoms with Crippen LogP contribution in [0.25, 0.3) is 16.7 Å². The molecule has 1 amide bonds. The number of nitrogens with one attached hydrogen (secondary N) is 1. The maximum Gasteiger partial charge on any atom is 0.335 e. The third-order valence-electron chi connectivity index (χ3n) is 6.23. The van der Waals surface area contributed by atoms with Crippen molar-refractivity contribution in [2.45, 2.75) is 24.9 Å². The van der Waals surface area contributed by atoms with Gasteiger partial charge in [-0.15, -0.1) is 11.6 Å². The number of allylic oxidation sites excluding steroid dienone is 1. The predicted octanol–water partition coefficient (Wildman–Crippen LogP) is 5.16. The van der Waals surface area contributed by atoms with Crippen molar-refractivity contribution >= 4 is 29.1 Å². The van der Waals surface area contributed by atoms with Crippen molar-refractivity contribution in [3.05, 3.63) is 119 Å². The molecule has 1 atom stereocenters. The molecule has 2 aromatic carbocycles. The Kier molecular flexibility index (Phi) is 6.69. The van der Waals surface area contributed by atoms with Crippen LogP contribution in [0.4, 0.5) is 0 Å². The van der Waals surface area contributed by atoms with Gasteiger partial charge < -0.3 is 15.0 Å². The summed E-state index contributed by atoms with van der Waals surface area (Å²) >= 11 is 6.46. The van der Waals surface area contributed by atoms with E-state index in [1.807, 2.05) is 47.3 Å². The average Bonchev–Trinajstić information content (AvgIpc) is 3.30. The number of carboxylic acid groups (broad SMARTS) is 1. The van der Waals surface area contributed by atoms with Gasteiger partial charge in [-0.3, -0.25) is 9.78 Å². The van der Waals surface area contributed by atoms with Gasteiger partial charge in [0.1, 0.15) is 0 Å². The van der Waals surface area contributed by atoms with Crippen LogP contribution in [0.3, 0.4) is 0 Å². The fourth-order valence-corrected chi connectivity index (χ4v) is 4.68. The molecule has 2 aromatic heterocycles. The maximum atomic E-state index is 13.2. The number of pyridine rings is 1. The smallest absolute Gasteiger partial charge is 0.335 e. The number of fused-ring (bicyclic) bond motifs is 1. The van der Waals surface area contributed by atoms with E-state index in [4.69, 9.17) is 16.7 Å². The minimum absolute atomic E-state index is 0.206. The van der Waals surface area contributed by atoms with Gasteiger partial charge in [-0.1, -0.05) is 54.6 Å². The lowest BCUT2D eigenvalue weighted by Gasteiger charge is -2.20. The van der Waals surface area contributed by atoms with Crippen LogP contribution in [-0.4, -0.2) is 31.9 Å². The Morgan fingerprint density at radius 2 is 1.78 bits per heavy atom. The summed E-state index contributed by atoms with van der Waals surface area (Å²) in [7, 11) is 0. The third-order valence-corrected chi connectivity index (χ3v) is 6.51. The van der Waals surface area contributed by atoms with E-state index < -0.39 is 5.97 Å². The van der Waals surface area contributed by atoms with Gasteiger partial charge in [-0.2, -0.15) is 0 Å². The van der Waals surface area contributed by atoms with Gasteiger partial charge in [-0.25, -0.2) is 4.79 Å². The highest BCUT2D eigenvalue weighted by Gasteiger charge is 2.26. The molecule has 180 valence electrons. The second kappa shape index (κ2) is 10.2. The summed E-state index contributed by atoms with van der Waals surface area (Å²) < 4.78 is 2.04. The largest absolute Gasteiger partial charge is 0.478 e. The fraction of sp³-hybridized carbons (Fsp3) is 0.138. The average molecular weight is 498 g/mol. The van der Waals surface area contributed by atoms with E-state index in [-0.39, 0.29) is 23.4 Å². The molecule has 0 fully saturated rings. The molecule has 2 N–H and O–H groups in total. The van der Waals surface area contributed by atoms with Crippen molar-refractivity contribution in [1.82, 2.24) is 14.9 Å². The Morgan fingerprint density at radius 3 is 2.47 bits per heavy atom. The molecule has 4 aromatic rings. The van der Waals surface area contributed by atoms with Gasteiger partial charge >= 0.3 is 5.97 Å². The Morgan fingerprint density at radius 1 is 1.00 bits per heavy atom. The molecule has 6 nitrogen and oxygen atoms in total. The van der Waals surface area contributed by atoms with E-state index in [9.17, 15) is 9.59 Å². The first-order chi connectivity index (χ1) is 17.5. The molecule has 5 rings (SSSR count). The normalized spacial score (nSPS) is 14.6. The molecule has 0 saturated carbocycles. The lowest BCUT2D eigenvalue weighted by molar-refractivity contribution is -0.115. The number of hydrogen-bond donors (Lipinski definition) is 2. The van der Waals surface area contributed by atoms with Crippen LogP contribution < -0.4 is 5.32 Å². The van der Waals surface area contributed by atoms with E-state index >= 15 is 0 Å². The quantitative estimate of drug-likeness (QED) is 0.345. The van der Waals surface area contributed by atoms with Crippen LogP contribution in [0, 0.1) is 0 Å². The van der Waals surface area contributed by atoms with Crippen LogP contribution in [0.15, 0.2) is 91.3 Å². The van der Waals surface area contributed by atoms with E-state index in [0.29, 0.717) is 18.5 Å². The summed E-state index contributed by atoms with van der Waals surface area (Å²) in [4.78, 5) is 28.9. The molecular formula is C29H24ClN3O3. The van der Waals surface area contributed by atoms with Crippen molar-refractivity contribution in [1.29, 1.82) is 0 Å². The summed E-state index contributed by atoms with van der Waals surface area (Å²) in [5.41, 5.74) is 6.47. The molecule has 36 heavy (non-hydrogen) atoms. The molecule has 0 spiro atoms. The topological polar surface area (TPSA) is 84.2 Å². The van der Waals surface area contributed by atoms with Crippen LogP contribution in [0.1, 0.15) is 32.9 Å². The van der Waals surface area contributed by atoms with Crippen molar-refractivity contribution < 1.29 is 14.7 Å². The number of amides is 1. The van der Waals surface area contributed by atoms with Gasteiger partial charge in [0, 0.05) is 24.5 Å². The maximum absolute atomic E-state index is 13.2. The number of carboxylic acids is 1. The lowest BCUT2D eigenvalue weighted by Crippen LogP contribution is -2.28. The molecule has 2 heterocycles. The van der Waals surface area contributed by atoms with Crippen LogP contribution in [-0.2, 0) is 24.3 Å². The fourth-order valence-electron chi connectivity index (χ4n) is 4.39. The van der Waals surface area contributed by atoms with Gasteiger partial charge in [0.2, 0.25) is 0 Å². The van der Waals surface area contributed by atoms with Crippen molar-refractivity contribution in [2.75, 3.05) is 0 Å². The van der Waals surface area contributed by atoms with Gasteiger partial charge in [0.15, 0.2) is 0 Å². The van der Waals surface area contributed by atoms with Crippen LogP contribution >= 0.6 is 11.6 Å². The van der Waals surface area contributed by atoms with E-state index in [1.165, 1.54) is 12.1 Å². The Bertz CT molecular complexity index is 1430. The highest BCUT2D eigenvalue weighted by Crippen LogP contribution is 2.31. The number of alkyl halides is 1. The molecule has 0 aliphatic heterocycles. The number of aromatic carboxylic acids is 1. The number of halogens is 1. The molecule has 7 heteroatoms. The third kappa shape index (κ3) is 5.09.